The summed E-state index contributed by atoms with van der Waals surface area (Å²) in [7, 11) is 0. The summed E-state index contributed by atoms with van der Waals surface area (Å²) in [4.78, 5) is 11.3. The third kappa shape index (κ3) is 3.21. The van der Waals surface area contributed by atoms with Gasteiger partial charge < -0.3 is 10.8 Å². The quantitative estimate of drug-likeness (QED) is 0.624. The molecule has 0 spiro atoms. The summed E-state index contributed by atoms with van der Waals surface area (Å²) in [6.45, 7) is 9.85. The molecule has 0 radical (unpaired) electrons. The number of nitrogens with two attached hydrogens (primary N) is 1. The molecule has 1 aromatic rings. The maximum Gasteiger partial charge on any atom is 0.331 e. The van der Waals surface area contributed by atoms with E-state index in [-0.39, 0.29) is 0 Å². The number of unbranched alkanes of at least 4 members (excludes halogenated alkanes) is 1. The van der Waals surface area contributed by atoms with Crippen LogP contribution in [0.25, 0.3) is 5.57 Å². The molecule has 0 amide bonds. The van der Waals surface area contributed by atoms with Crippen LogP contribution < -0.4 is 5.73 Å². The molecule has 0 aromatic heterocycles. The molecule has 0 aliphatic carbocycles. The van der Waals surface area contributed by atoms with Crippen molar-refractivity contribution in [3.63, 3.8) is 0 Å². The Kier molecular flexibility index (Phi) is 5.37. The van der Waals surface area contributed by atoms with Crippen LogP contribution in [0, 0.1) is 20.8 Å². The van der Waals surface area contributed by atoms with Gasteiger partial charge in [0.15, 0.2) is 0 Å². The van der Waals surface area contributed by atoms with Crippen molar-refractivity contribution in [2.24, 2.45) is 0 Å². The number of nitrogen functional groups attached to an aromatic ring is 1. The van der Waals surface area contributed by atoms with E-state index in [0.29, 0.717) is 11.3 Å². The summed E-state index contributed by atoms with van der Waals surface area (Å²) < 4.78 is 0. The van der Waals surface area contributed by atoms with Crippen molar-refractivity contribution in [1.82, 2.24) is 0 Å². The Morgan fingerprint density at radius 1 is 1.25 bits per heavy atom. The maximum absolute atomic E-state index is 11.3. The summed E-state index contributed by atoms with van der Waals surface area (Å²) in [5, 5.41) is 9.30. The summed E-state index contributed by atoms with van der Waals surface area (Å²) in [5.74, 6) is -0.869. The first-order chi connectivity index (χ1) is 9.31. The molecule has 0 aliphatic rings. The lowest BCUT2D eigenvalue weighted by molar-refractivity contribution is -0.132. The highest BCUT2D eigenvalue weighted by Gasteiger charge is 2.16. The van der Waals surface area contributed by atoms with Crippen molar-refractivity contribution in [2.45, 2.75) is 53.9 Å². The Bertz CT molecular complexity index is 557. The van der Waals surface area contributed by atoms with Crippen molar-refractivity contribution in [3.05, 3.63) is 33.9 Å². The maximum atomic E-state index is 11.3. The predicted molar refractivity (Wildman–Crippen MR) is 84.8 cm³/mol. The number of allylic oxidation sites excluding steroid dienone is 1. The van der Waals surface area contributed by atoms with Gasteiger partial charge in [0.1, 0.15) is 0 Å². The SMILES string of the molecule is CCCC/C(=C(/C)C(=O)O)c1cc(C)c(C)c(C)c1N. The Morgan fingerprint density at radius 2 is 1.85 bits per heavy atom. The predicted octanol–water partition coefficient (Wildman–Crippen LogP) is 4.24. The van der Waals surface area contributed by atoms with E-state index in [4.69, 9.17) is 5.73 Å². The van der Waals surface area contributed by atoms with Crippen LogP contribution in [-0.4, -0.2) is 11.1 Å². The van der Waals surface area contributed by atoms with Crippen LogP contribution in [0.1, 0.15) is 55.4 Å². The molecular formula is C17H25NO2. The molecule has 0 atom stereocenters. The molecular weight excluding hydrogens is 250 g/mol. The van der Waals surface area contributed by atoms with Gasteiger partial charge in [-0.2, -0.15) is 0 Å². The van der Waals surface area contributed by atoms with Gasteiger partial charge in [-0.15, -0.1) is 0 Å². The molecule has 0 unspecified atom stereocenters. The number of aliphatic carboxylic acids is 1. The fourth-order valence-corrected chi connectivity index (χ4v) is 2.36. The summed E-state index contributed by atoms with van der Waals surface area (Å²) in [6.07, 6.45) is 2.74. The molecule has 110 valence electrons. The third-order valence-corrected chi connectivity index (χ3v) is 4.09. The highest BCUT2D eigenvalue weighted by molar-refractivity contribution is 5.97. The Morgan fingerprint density at radius 3 is 2.35 bits per heavy atom. The van der Waals surface area contributed by atoms with Crippen LogP contribution in [0.4, 0.5) is 5.69 Å². The monoisotopic (exact) mass is 275 g/mol. The second kappa shape index (κ2) is 6.60. The number of hydrogen-bond donors (Lipinski definition) is 2. The van der Waals surface area contributed by atoms with Gasteiger partial charge in [-0.05, 0) is 68.9 Å². The fourth-order valence-electron chi connectivity index (χ4n) is 2.36. The number of anilines is 1. The minimum atomic E-state index is -0.869. The average molecular weight is 275 g/mol. The highest BCUT2D eigenvalue weighted by Crippen LogP contribution is 2.33. The standard InChI is InChI=1S/C17H25NO2/c1-6-7-8-14(13(5)17(19)20)15-9-10(2)11(3)12(4)16(15)18/h9H,6-8,18H2,1-5H3,(H,19,20)/b14-13+. The molecule has 0 fully saturated rings. The molecule has 1 aromatic carbocycles. The van der Waals surface area contributed by atoms with E-state index in [1.165, 1.54) is 5.56 Å². The number of rotatable bonds is 5. The van der Waals surface area contributed by atoms with Gasteiger partial charge in [0.05, 0.1) is 0 Å². The first kappa shape index (κ1) is 16.3. The molecule has 0 saturated heterocycles. The lowest BCUT2D eigenvalue weighted by Gasteiger charge is -2.18. The molecule has 3 nitrogen and oxygen atoms in total. The molecule has 0 bridgehead atoms. The number of carbonyl (C=O) groups is 1. The molecule has 3 N–H and O–H groups in total. The van der Waals surface area contributed by atoms with Crippen molar-refractivity contribution in [2.75, 3.05) is 5.73 Å². The minimum absolute atomic E-state index is 0.396. The number of carboxylic acid groups (broad SMARTS) is 1. The summed E-state index contributed by atoms with van der Waals surface area (Å²) in [6, 6.07) is 2.02. The molecule has 20 heavy (non-hydrogen) atoms. The molecule has 0 aliphatic heterocycles. The van der Waals surface area contributed by atoms with E-state index in [0.717, 1.165) is 41.5 Å². The van der Waals surface area contributed by atoms with E-state index in [2.05, 4.69) is 6.92 Å². The zero-order chi connectivity index (χ0) is 15.4. The molecule has 3 heteroatoms. The second-order valence-corrected chi connectivity index (χ2v) is 5.42. The van der Waals surface area contributed by atoms with Gasteiger partial charge in [0.2, 0.25) is 0 Å². The van der Waals surface area contributed by atoms with Gasteiger partial charge in [-0.1, -0.05) is 13.3 Å². The van der Waals surface area contributed by atoms with Gasteiger partial charge in [-0.3, -0.25) is 0 Å². The molecule has 0 saturated carbocycles. The van der Waals surface area contributed by atoms with E-state index in [1.807, 2.05) is 26.8 Å². The minimum Gasteiger partial charge on any atom is -0.478 e. The molecule has 0 heterocycles. The number of carboxylic acids is 1. The second-order valence-electron chi connectivity index (χ2n) is 5.42. The van der Waals surface area contributed by atoms with Crippen LogP contribution >= 0.6 is 0 Å². The third-order valence-electron chi connectivity index (χ3n) is 4.09. The lowest BCUT2D eigenvalue weighted by atomic mass is 9.89. The normalized spacial score (nSPS) is 12.2. The largest absolute Gasteiger partial charge is 0.478 e. The summed E-state index contributed by atoms with van der Waals surface area (Å²) >= 11 is 0. The number of benzene rings is 1. The highest BCUT2D eigenvalue weighted by atomic mass is 16.4. The summed E-state index contributed by atoms with van der Waals surface area (Å²) in [5.41, 5.74) is 12.5. The van der Waals surface area contributed by atoms with Crippen LogP contribution in [0.2, 0.25) is 0 Å². The van der Waals surface area contributed by atoms with Gasteiger partial charge in [-0.25, -0.2) is 4.79 Å². The topological polar surface area (TPSA) is 63.3 Å². The van der Waals surface area contributed by atoms with Crippen LogP contribution in [0.5, 0.6) is 0 Å². The Hall–Kier alpha value is -1.77. The zero-order valence-corrected chi connectivity index (χ0v) is 13.1. The number of aryl methyl sites for hydroxylation is 1. The van der Waals surface area contributed by atoms with Gasteiger partial charge >= 0.3 is 5.97 Å². The number of hydrogen-bond acceptors (Lipinski definition) is 2. The average Bonchev–Trinajstić information content (AvgIpc) is 2.41. The van der Waals surface area contributed by atoms with E-state index < -0.39 is 5.97 Å². The Labute approximate surface area is 121 Å². The zero-order valence-electron chi connectivity index (χ0n) is 13.1. The van der Waals surface area contributed by atoms with Crippen molar-refractivity contribution in [3.8, 4) is 0 Å². The lowest BCUT2D eigenvalue weighted by Crippen LogP contribution is -2.06. The van der Waals surface area contributed by atoms with E-state index in [1.54, 1.807) is 6.92 Å². The smallest absolute Gasteiger partial charge is 0.331 e. The van der Waals surface area contributed by atoms with Crippen molar-refractivity contribution >= 4 is 17.2 Å². The van der Waals surface area contributed by atoms with Crippen LogP contribution in [0.3, 0.4) is 0 Å². The first-order valence-electron chi connectivity index (χ1n) is 7.10. The van der Waals surface area contributed by atoms with Crippen LogP contribution in [0.15, 0.2) is 11.6 Å². The van der Waals surface area contributed by atoms with Gasteiger partial charge in [0.25, 0.3) is 0 Å². The van der Waals surface area contributed by atoms with Gasteiger partial charge in [0, 0.05) is 16.8 Å². The fraction of sp³-hybridized carbons (Fsp3) is 0.471. The van der Waals surface area contributed by atoms with E-state index in [9.17, 15) is 9.90 Å². The van der Waals surface area contributed by atoms with Crippen molar-refractivity contribution < 1.29 is 9.90 Å². The van der Waals surface area contributed by atoms with Crippen LogP contribution in [-0.2, 0) is 4.79 Å². The van der Waals surface area contributed by atoms with E-state index >= 15 is 0 Å². The Balaban J connectivity index is 3.50. The molecule has 1 rings (SSSR count). The first-order valence-corrected chi connectivity index (χ1v) is 7.10. The van der Waals surface area contributed by atoms with Crippen molar-refractivity contribution in [1.29, 1.82) is 0 Å².